The first-order chi connectivity index (χ1) is 7.82. The second kappa shape index (κ2) is 2.85. The van der Waals surface area contributed by atoms with E-state index in [2.05, 4.69) is 25.9 Å². The van der Waals surface area contributed by atoms with E-state index in [4.69, 9.17) is 9.57 Å². The third-order valence-corrected chi connectivity index (χ3v) is 5.63. The number of rotatable bonds is 1. The molecule has 3 rings (SSSR count). The molecular weight excluding hydrogens is 218 g/mol. The smallest absolute Gasteiger partial charge is 0.297 e. The van der Waals surface area contributed by atoms with Crippen LogP contribution in [0.5, 0.6) is 0 Å². The lowest BCUT2D eigenvalue weighted by atomic mass is 9.68. The van der Waals surface area contributed by atoms with Crippen molar-refractivity contribution in [1.82, 2.24) is 0 Å². The summed E-state index contributed by atoms with van der Waals surface area (Å²) in [6.45, 7) is 8.22. The molecule has 3 aliphatic rings. The molecule has 3 atom stereocenters. The van der Waals surface area contributed by atoms with Crippen LogP contribution in [0.2, 0.25) is 0 Å². The number of carbonyl (C=O) groups excluding carboxylic acids is 1. The van der Waals surface area contributed by atoms with Crippen LogP contribution in [0.15, 0.2) is 5.16 Å². The fraction of sp³-hybridized carbons (Fsp3) is 0.846. The van der Waals surface area contributed by atoms with E-state index in [1.54, 1.807) is 0 Å². The molecule has 0 radical (unpaired) electrons. The standard InChI is InChI=1S/C13H19NO3/c1-8(15)10-14-17-13(16-10)7-9-5-6-12(13,4)11(9,2)3/h9H,5-7H2,1-4H3/t9-,12-,13+/m1/s1. The van der Waals surface area contributed by atoms with Crippen molar-refractivity contribution in [3.63, 3.8) is 0 Å². The first-order valence-electron chi connectivity index (χ1n) is 6.28. The molecule has 2 bridgehead atoms. The molecule has 0 aromatic rings. The van der Waals surface area contributed by atoms with Gasteiger partial charge >= 0.3 is 0 Å². The van der Waals surface area contributed by atoms with E-state index in [-0.39, 0.29) is 22.5 Å². The van der Waals surface area contributed by atoms with E-state index < -0.39 is 5.79 Å². The van der Waals surface area contributed by atoms with Crippen LogP contribution in [0.4, 0.5) is 0 Å². The molecule has 2 saturated carbocycles. The second-order valence-electron chi connectivity index (χ2n) is 6.39. The Morgan fingerprint density at radius 3 is 2.53 bits per heavy atom. The Labute approximate surface area is 101 Å². The van der Waals surface area contributed by atoms with E-state index in [1.165, 1.54) is 13.3 Å². The predicted molar refractivity (Wildman–Crippen MR) is 62.2 cm³/mol. The van der Waals surface area contributed by atoms with Crippen LogP contribution in [0.3, 0.4) is 0 Å². The number of fused-ring (bicyclic) bond motifs is 3. The Morgan fingerprint density at radius 1 is 1.41 bits per heavy atom. The van der Waals surface area contributed by atoms with Gasteiger partial charge in [0.2, 0.25) is 5.78 Å². The van der Waals surface area contributed by atoms with Crippen molar-refractivity contribution in [3.8, 4) is 0 Å². The highest BCUT2D eigenvalue weighted by molar-refractivity contribution is 6.35. The van der Waals surface area contributed by atoms with Crippen LogP contribution in [0.1, 0.15) is 47.0 Å². The van der Waals surface area contributed by atoms with Crippen LogP contribution in [-0.2, 0) is 14.4 Å². The molecule has 1 heterocycles. The Morgan fingerprint density at radius 2 is 2.12 bits per heavy atom. The zero-order chi connectivity index (χ0) is 12.5. The Kier molecular flexibility index (Phi) is 1.85. The summed E-state index contributed by atoms with van der Waals surface area (Å²) in [6.07, 6.45) is 3.13. The third-order valence-electron chi connectivity index (χ3n) is 5.63. The zero-order valence-electron chi connectivity index (χ0n) is 10.9. The number of ketones is 1. The maximum Gasteiger partial charge on any atom is 0.297 e. The third kappa shape index (κ3) is 1.04. The molecule has 4 nitrogen and oxygen atoms in total. The Balaban J connectivity index is 1.96. The van der Waals surface area contributed by atoms with Gasteiger partial charge in [0.1, 0.15) is 0 Å². The van der Waals surface area contributed by atoms with Crippen molar-refractivity contribution in [2.24, 2.45) is 21.9 Å². The molecule has 94 valence electrons. The van der Waals surface area contributed by atoms with Gasteiger partial charge in [-0.1, -0.05) is 20.8 Å². The lowest BCUT2D eigenvalue weighted by Gasteiger charge is -2.42. The van der Waals surface area contributed by atoms with E-state index in [0.717, 1.165) is 12.8 Å². The van der Waals surface area contributed by atoms with Gasteiger partial charge in [0, 0.05) is 13.3 Å². The first kappa shape index (κ1) is 11.1. The summed E-state index contributed by atoms with van der Waals surface area (Å²) in [5.74, 6) is -0.130. The molecule has 2 fully saturated rings. The molecule has 0 saturated heterocycles. The number of carbonyl (C=O) groups is 1. The quantitative estimate of drug-likeness (QED) is 0.704. The van der Waals surface area contributed by atoms with Gasteiger partial charge in [-0.25, -0.2) is 0 Å². The highest BCUT2D eigenvalue weighted by Gasteiger charge is 2.74. The lowest BCUT2D eigenvalue weighted by molar-refractivity contribution is -0.237. The molecule has 0 N–H and O–H groups in total. The largest absolute Gasteiger partial charge is 0.427 e. The van der Waals surface area contributed by atoms with Crippen molar-refractivity contribution >= 4 is 11.7 Å². The van der Waals surface area contributed by atoms with Crippen LogP contribution in [0.25, 0.3) is 0 Å². The minimum absolute atomic E-state index is 0.0641. The van der Waals surface area contributed by atoms with Gasteiger partial charge in [-0.3, -0.25) is 4.79 Å². The number of ether oxygens (including phenoxy) is 1. The molecule has 0 amide bonds. The summed E-state index contributed by atoms with van der Waals surface area (Å²) in [7, 11) is 0. The summed E-state index contributed by atoms with van der Waals surface area (Å²) in [6, 6.07) is 0. The lowest BCUT2D eigenvalue weighted by Crippen LogP contribution is -2.49. The average Bonchev–Trinajstić information content (AvgIpc) is 2.80. The highest BCUT2D eigenvalue weighted by atomic mass is 16.8. The van der Waals surface area contributed by atoms with Gasteiger partial charge in [-0.2, -0.15) is 0 Å². The summed E-state index contributed by atoms with van der Waals surface area (Å²) in [5, 5.41) is 3.84. The van der Waals surface area contributed by atoms with Gasteiger partial charge in [-0.05, 0) is 29.3 Å². The molecule has 1 spiro atoms. The van der Waals surface area contributed by atoms with Crippen molar-refractivity contribution in [3.05, 3.63) is 0 Å². The van der Waals surface area contributed by atoms with E-state index >= 15 is 0 Å². The Bertz CT molecular complexity index is 428. The highest BCUT2D eigenvalue weighted by Crippen LogP contribution is 2.71. The molecule has 1 aliphatic heterocycles. The van der Waals surface area contributed by atoms with Crippen molar-refractivity contribution in [2.75, 3.05) is 0 Å². The molecular formula is C13H19NO3. The first-order valence-corrected chi connectivity index (χ1v) is 6.28. The number of hydrogen-bond acceptors (Lipinski definition) is 4. The topological polar surface area (TPSA) is 47.9 Å². The molecule has 17 heavy (non-hydrogen) atoms. The van der Waals surface area contributed by atoms with Crippen LogP contribution >= 0.6 is 0 Å². The summed E-state index contributed by atoms with van der Waals surface area (Å²) in [5.41, 5.74) is 0.111. The zero-order valence-corrected chi connectivity index (χ0v) is 10.9. The van der Waals surface area contributed by atoms with Crippen molar-refractivity contribution in [2.45, 2.75) is 52.7 Å². The maximum atomic E-state index is 11.3. The fourth-order valence-corrected chi connectivity index (χ4v) is 3.92. The second-order valence-corrected chi connectivity index (χ2v) is 6.39. The monoisotopic (exact) mass is 237 g/mol. The normalized spacial score (nSPS) is 45.6. The van der Waals surface area contributed by atoms with Crippen LogP contribution < -0.4 is 0 Å². The maximum absolute atomic E-state index is 11.3. The van der Waals surface area contributed by atoms with Gasteiger partial charge in [0.25, 0.3) is 11.7 Å². The fourth-order valence-electron chi connectivity index (χ4n) is 3.92. The van der Waals surface area contributed by atoms with Crippen molar-refractivity contribution in [1.29, 1.82) is 0 Å². The summed E-state index contributed by atoms with van der Waals surface area (Å²) < 4.78 is 5.82. The molecule has 4 heteroatoms. The summed E-state index contributed by atoms with van der Waals surface area (Å²) >= 11 is 0. The number of nitrogens with zero attached hydrogens (tertiary/aromatic N) is 1. The number of hydrogen-bond donors (Lipinski definition) is 0. The molecule has 0 aromatic carbocycles. The molecule has 0 aromatic heterocycles. The van der Waals surface area contributed by atoms with Crippen molar-refractivity contribution < 1.29 is 14.4 Å². The summed E-state index contributed by atoms with van der Waals surface area (Å²) in [4.78, 5) is 16.9. The molecule has 0 unspecified atom stereocenters. The van der Waals surface area contributed by atoms with E-state index in [0.29, 0.717) is 5.92 Å². The van der Waals surface area contributed by atoms with Crippen LogP contribution in [0, 0.1) is 16.7 Å². The number of oxime groups is 1. The van der Waals surface area contributed by atoms with E-state index in [9.17, 15) is 4.79 Å². The van der Waals surface area contributed by atoms with Crippen LogP contribution in [-0.4, -0.2) is 17.5 Å². The van der Waals surface area contributed by atoms with Gasteiger partial charge in [0.05, 0.1) is 5.41 Å². The minimum atomic E-state index is -0.694. The molecule has 2 aliphatic carbocycles. The predicted octanol–water partition coefficient (Wildman–Crippen LogP) is 2.48. The van der Waals surface area contributed by atoms with Gasteiger partial charge in [0.15, 0.2) is 0 Å². The average molecular weight is 237 g/mol. The number of Topliss-reactive ketones (excluding diaryl/α,β-unsaturated/α-hetero) is 1. The van der Waals surface area contributed by atoms with Gasteiger partial charge in [-0.15, -0.1) is 0 Å². The van der Waals surface area contributed by atoms with E-state index in [1.807, 2.05) is 0 Å². The van der Waals surface area contributed by atoms with Gasteiger partial charge < -0.3 is 9.57 Å². The Hall–Kier alpha value is -1.06. The SMILES string of the molecule is CC(=O)C1=NO[C@]2(C[C@H]3CC[C@]2(C)C3(C)C)O1. The minimum Gasteiger partial charge on any atom is -0.427 e.